The van der Waals surface area contributed by atoms with Gasteiger partial charge < -0.3 is 4.90 Å². The molecule has 1 fully saturated rings. The molecule has 0 aliphatic heterocycles. The second-order valence-electron chi connectivity index (χ2n) is 6.74. The summed E-state index contributed by atoms with van der Waals surface area (Å²) in [5.41, 5.74) is -0.0566. The third-order valence-electron chi connectivity index (χ3n) is 4.78. The Morgan fingerprint density at radius 2 is 1.75 bits per heavy atom. The van der Waals surface area contributed by atoms with E-state index < -0.39 is 0 Å². The second kappa shape index (κ2) is 8.41. The van der Waals surface area contributed by atoms with Crippen LogP contribution in [0.25, 0.3) is 0 Å². The third-order valence-corrected chi connectivity index (χ3v) is 5.14. The van der Waals surface area contributed by atoms with Gasteiger partial charge in [-0.05, 0) is 38.0 Å². The Kier molecular flexibility index (Phi) is 7.57. The van der Waals surface area contributed by atoms with Crippen LogP contribution in [0.15, 0.2) is 0 Å². The summed E-state index contributed by atoms with van der Waals surface area (Å²) in [5.74, 6) is 1.04. The van der Waals surface area contributed by atoms with Crippen LogP contribution in [0.3, 0.4) is 0 Å². The average Bonchev–Trinajstić information content (AvgIpc) is 2.87. The molecule has 0 aromatic heterocycles. The van der Waals surface area contributed by atoms with Crippen molar-refractivity contribution in [2.75, 3.05) is 11.9 Å². The number of alkyl halides is 1. The second-order valence-corrected chi connectivity index (χ2v) is 7.54. The first-order chi connectivity index (χ1) is 9.50. The minimum absolute atomic E-state index is 0.0566. The number of carbonyl (C=O) groups is 1. The Bertz CT molecular complexity index is 293. The Labute approximate surface area is 133 Å². The lowest BCUT2D eigenvalue weighted by Gasteiger charge is -2.39. The van der Waals surface area contributed by atoms with E-state index in [0.29, 0.717) is 17.9 Å². The summed E-state index contributed by atoms with van der Waals surface area (Å²) in [4.78, 5) is 15.4. The normalized spacial score (nSPS) is 17.9. The van der Waals surface area contributed by atoms with Crippen molar-refractivity contribution < 1.29 is 4.79 Å². The first-order valence-corrected chi connectivity index (χ1v) is 9.50. The van der Waals surface area contributed by atoms with Gasteiger partial charge >= 0.3 is 0 Å². The topological polar surface area (TPSA) is 20.3 Å². The highest BCUT2D eigenvalue weighted by Gasteiger charge is 2.44. The number of nitrogens with zero attached hydrogens (tertiary/aromatic N) is 1. The number of amides is 1. The first-order valence-electron chi connectivity index (χ1n) is 8.37. The Hall–Kier alpha value is -0.0500. The largest absolute Gasteiger partial charge is 0.338 e. The molecule has 0 N–H and O–H groups in total. The van der Waals surface area contributed by atoms with Gasteiger partial charge in [0.15, 0.2) is 0 Å². The van der Waals surface area contributed by atoms with Gasteiger partial charge in [0.05, 0.1) is 0 Å². The molecule has 1 rings (SSSR count). The zero-order chi connectivity index (χ0) is 15.2. The van der Waals surface area contributed by atoms with Crippen molar-refractivity contribution in [2.24, 2.45) is 11.3 Å². The molecule has 0 unspecified atom stereocenters. The minimum Gasteiger partial charge on any atom is -0.338 e. The van der Waals surface area contributed by atoms with E-state index in [1.54, 1.807) is 0 Å². The van der Waals surface area contributed by atoms with Gasteiger partial charge in [0.2, 0.25) is 5.91 Å². The molecule has 0 atom stereocenters. The summed E-state index contributed by atoms with van der Waals surface area (Å²) in [6, 6.07) is 0.407. The molecule has 0 aromatic carbocycles. The summed E-state index contributed by atoms with van der Waals surface area (Å²) in [5, 5.41) is 0.882. The van der Waals surface area contributed by atoms with Gasteiger partial charge in [-0.25, -0.2) is 0 Å². The first kappa shape index (κ1) is 18.0. The minimum atomic E-state index is -0.0566. The zero-order valence-electron chi connectivity index (χ0n) is 13.8. The van der Waals surface area contributed by atoms with Gasteiger partial charge in [-0.2, -0.15) is 0 Å². The van der Waals surface area contributed by atoms with E-state index in [0.717, 1.165) is 44.0 Å². The van der Waals surface area contributed by atoms with Crippen molar-refractivity contribution in [1.29, 1.82) is 0 Å². The Morgan fingerprint density at radius 1 is 1.20 bits per heavy atom. The van der Waals surface area contributed by atoms with Gasteiger partial charge in [-0.1, -0.05) is 56.5 Å². The predicted molar refractivity (Wildman–Crippen MR) is 90.2 cm³/mol. The lowest BCUT2D eigenvalue weighted by atomic mass is 9.77. The maximum atomic E-state index is 13.3. The number of halogens is 1. The van der Waals surface area contributed by atoms with Crippen LogP contribution < -0.4 is 0 Å². The molecule has 1 amide bonds. The molecule has 3 heteroatoms. The van der Waals surface area contributed by atoms with E-state index in [1.165, 1.54) is 12.8 Å². The fraction of sp³-hybridized carbons (Fsp3) is 0.941. The van der Waals surface area contributed by atoms with Gasteiger partial charge in [0.25, 0.3) is 0 Å². The van der Waals surface area contributed by atoms with Crippen molar-refractivity contribution in [3.8, 4) is 0 Å². The SMILES string of the molecule is CCC(CC)N(CCBr)C(=O)C1(CC(C)C)CCCC1. The van der Waals surface area contributed by atoms with E-state index >= 15 is 0 Å². The van der Waals surface area contributed by atoms with Crippen molar-refractivity contribution in [3.05, 3.63) is 0 Å². The molecular weight excluding hydrogens is 314 g/mol. The van der Waals surface area contributed by atoms with Gasteiger partial charge in [0, 0.05) is 23.3 Å². The summed E-state index contributed by atoms with van der Waals surface area (Å²) >= 11 is 3.53. The van der Waals surface area contributed by atoms with Crippen LogP contribution >= 0.6 is 15.9 Å². The van der Waals surface area contributed by atoms with Crippen LogP contribution in [-0.2, 0) is 4.79 Å². The van der Waals surface area contributed by atoms with Crippen LogP contribution in [0.5, 0.6) is 0 Å². The molecular formula is C17H32BrNO. The van der Waals surface area contributed by atoms with Gasteiger partial charge in [0.1, 0.15) is 0 Å². The highest BCUT2D eigenvalue weighted by atomic mass is 79.9. The van der Waals surface area contributed by atoms with Crippen molar-refractivity contribution in [2.45, 2.75) is 78.7 Å². The lowest BCUT2D eigenvalue weighted by Crippen LogP contribution is -2.49. The molecule has 0 bridgehead atoms. The van der Waals surface area contributed by atoms with Crippen molar-refractivity contribution >= 4 is 21.8 Å². The molecule has 2 nitrogen and oxygen atoms in total. The van der Waals surface area contributed by atoms with E-state index in [9.17, 15) is 4.79 Å². The Balaban J connectivity index is 2.94. The molecule has 0 aromatic rings. The van der Waals surface area contributed by atoms with E-state index in [4.69, 9.17) is 0 Å². The molecule has 0 spiro atoms. The Morgan fingerprint density at radius 3 is 2.15 bits per heavy atom. The van der Waals surface area contributed by atoms with Crippen LogP contribution in [0.2, 0.25) is 0 Å². The van der Waals surface area contributed by atoms with Gasteiger partial charge in [-0.3, -0.25) is 4.79 Å². The number of hydrogen-bond acceptors (Lipinski definition) is 1. The van der Waals surface area contributed by atoms with E-state index in [2.05, 4.69) is 48.5 Å². The molecule has 20 heavy (non-hydrogen) atoms. The van der Waals surface area contributed by atoms with Crippen molar-refractivity contribution in [1.82, 2.24) is 4.90 Å². The average molecular weight is 346 g/mol. The van der Waals surface area contributed by atoms with Gasteiger partial charge in [-0.15, -0.1) is 0 Å². The highest BCUT2D eigenvalue weighted by Crippen LogP contribution is 2.45. The third kappa shape index (κ3) is 4.22. The van der Waals surface area contributed by atoms with Crippen LogP contribution in [0.4, 0.5) is 0 Å². The lowest BCUT2D eigenvalue weighted by molar-refractivity contribution is -0.145. The molecule has 118 valence electrons. The van der Waals surface area contributed by atoms with Crippen LogP contribution in [0, 0.1) is 11.3 Å². The van der Waals surface area contributed by atoms with E-state index in [-0.39, 0.29) is 5.41 Å². The quantitative estimate of drug-likeness (QED) is 0.566. The zero-order valence-corrected chi connectivity index (χ0v) is 15.3. The fourth-order valence-electron chi connectivity index (χ4n) is 3.91. The smallest absolute Gasteiger partial charge is 0.229 e. The maximum absolute atomic E-state index is 13.3. The highest BCUT2D eigenvalue weighted by molar-refractivity contribution is 9.09. The van der Waals surface area contributed by atoms with Crippen molar-refractivity contribution in [3.63, 3.8) is 0 Å². The van der Waals surface area contributed by atoms with Crippen LogP contribution in [-0.4, -0.2) is 28.7 Å². The molecule has 0 radical (unpaired) electrons. The molecule has 1 aliphatic carbocycles. The summed E-state index contributed by atoms with van der Waals surface area (Å²) in [6.07, 6.45) is 7.84. The summed E-state index contributed by atoms with van der Waals surface area (Å²) in [7, 11) is 0. The number of rotatable bonds is 8. The summed E-state index contributed by atoms with van der Waals surface area (Å²) < 4.78 is 0. The predicted octanol–water partition coefficient (Wildman–Crippen LogP) is 5.01. The summed E-state index contributed by atoms with van der Waals surface area (Å²) in [6.45, 7) is 9.75. The molecule has 1 aliphatic rings. The molecule has 0 saturated heterocycles. The fourth-order valence-corrected chi connectivity index (χ4v) is 4.30. The number of hydrogen-bond donors (Lipinski definition) is 0. The molecule has 1 saturated carbocycles. The standard InChI is InChI=1S/C17H32BrNO/c1-5-15(6-2)19(12-11-18)16(20)17(13-14(3)4)9-7-8-10-17/h14-15H,5-13H2,1-4H3. The maximum Gasteiger partial charge on any atom is 0.229 e. The number of carbonyl (C=O) groups excluding carboxylic acids is 1. The monoisotopic (exact) mass is 345 g/mol. The van der Waals surface area contributed by atoms with Crippen LogP contribution in [0.1, 0.15) is 72.6 Å². The van der Waals surface area contributed by atoms with E-state index in [1.807, 2.05) is 0 Å². The molecule has 0 heterocycles.